The van der Waals surface area contributed by atoms with Crippen LogP contribution in [0.15, 0.2) is 60.0 Å². The van der Waals surface area contributed by atoms with E-state index in [1.165, 1.54) is 11.3 Å². The number of nitrogens with one attached hydrogen (secondary N) is 1. The third-order valence-corrected chi connectivity index (χ3v) is 7.18. The molecule has 7 heteroatoms. The molecule has 6 nitrogen and oxygen atoms in total. The second-order valence-corrected chi connectivity index (χ2v) is 9.47. The normalized spacial score (nSPS) is 20.2. The summed E-state index contributed by atoms with van der Waals surface area (Å²) in [7, 11) is 0. The Balaban J connectivity index is 1.44. The SMILES string of the molecule is Cc1ccc(N2C(=O)CCC(C(=O)Oc3ccc4c(c3)CCC(=O)N4)C2c2cccs2)cc1. The van der Waals surface area contributed by atoms with Crippen LogP contribution < -0.4 is 15.0 Å². The Kier molecular flexibility index (Phi) is 5.72. The van der Waals surface area contributed by atoms with E-state index in [1.54, 1.807) is 17.0 Å². The third-order valence-electron chi connectivity index (χ3n) is 6.24. The molecule has 3 aromatic rings. The second-order valence-electron chi connectivity index (χ2n) is 8.49. The first-order valence-electron chi connectivity index (χ1n) is 11.1. The van der Waals surface area contributed by atoms with E-state index in [9.17, 15) is 14.4 Å². The number of ether oxygens (including phenoxy) is 1. The van der Waals surface area contributed by atoms with Crippen LogP contribution >= 0.6 is 11.3 Å². The number of nitrogens with zero attached hydrogens (tertiary/aromatic N) is 1. The van der Waals surface area contributed by atoms with Crippen molar-refractivity contribution in [3.8, 4) is 5.75 Å². The summed E-state index contributed by atoms with van der Waals surface area (Å²) in [4.78, 5) is 40.8. The number of piperidine rings is 1. The van der Waals surface area contributed by atoms with Gasteiger partial charge in [-0.2, -0.15) is 0 Å². The van der Waals surface area contributed by atoms with Crippen LogP contribution in [0.2, 0.25) is 0 Å². The summed E-state index contributed by atoms with van der Waals surface area (Å²) in [5.41, 5.74) is 3.60. The van der Waals surface area contributed by atoms with Gasteiger partial charge in [-0.25, -0.2) is 0 Å². The molecule has 1 fully saturated rings. The lowest BCUT2D eigenvalue weighted by Crippen LogP contribution is -2.46. The molecule has 1 N–H and O–H groups in total. The van der Waals surface area contributed by atoms with Gasteiger partial charge in [0.05, 0.1) is 12.0 Å². The van der Waals surface area contributed by atoms with Crippen molar-refractivity contribution in [3.05, 3.63) is 76.0 Å². The first-order valence-corrected chi connectivity index (χ1v) is 11.9. The third kappa shape index (κ3) is 4.28. The Labute approximate surface area is 196 Å². The highest BCUT2D eigenvalue weighted by molar-refractivity contribution is 7.10. The van der Waals surface area contributed by atoms with Crippen molar-refractivity contribution < 1.29 is 19.1 Å². The average Bonchev–Trinajstić information content (AvgIpc) is 3.34. The minimum atomic E-state index is -0.488. The Hall–Kier alpha value is -3.45. The molecule has 5 rings (SSSR count). The maximum atomic E-state index is 13.4. The van der Waals surface area contributed by atoms with E-state index in [1.807, 2.05) is 54.8 Å². The Morgan fingerprint density at radius 2 is 1.88 bits per heavy atom. The number of thiophene rings is 1. The molecule has 2 aromatic carbocycles. The number of rotatable bonds is 4. The van der Waals surface area contributed by atoms with E-state index in [4.69, 9.17) is 4.74 Å². The fourth-order valence-electron chi connectivity index (χ4n) is 4.55. The zero-order valence-corrected chi connectivity index (χ0v) is 19.1. The highest BCUT2D eigenvalue weighted by Crippen LogP contribution is 2.42. The first kappa shape index (κ1) is 21.4. The average molecular weight is 461 g/mol. The van der Waals surface area contributed by atoms with Crippen molar-refractivity contribution in [1.29, 1.82) is 0 Å². The molecule has 1 aromatic heterocycles. The van der Waals surface area contributed by atoms with Crippen LogP contribution in [0.5, 0.6) is 5.75 Å². The molecule has 0 radical (unpaired) electrons. The summed E-state index contributed by atoms with van der Waals surface area (Å²) < 4.78 is 5.83. The molecule has 0 aliphatic carbocycles. The lowest BCUT2D eigenvalue weighted by atomic mass is 9.87. The molecule has 2 unspecified atom stereocenters. The number of hydrogen-bond donors (Lipinski definition) is 1. The summed E-state index contributed by atoms with van der Waals surface area (Å²) in [5.74, 6) is -0.380. The number of amides is 2. The Bertz CT molecular complexity index is 1200. The van der Waals surface area contributed by atoms with Crippen LogP contribution in [0.25, 0.3) is 0 Å². The van der Waals surface area contributed by atoms with Gasteiger partial charge in [0.1, 0.15) is 5.75 Å². The van der Waals surface area contributed by atoms with Crippen LogP contribution in [0, 0.1) is 12.8 Å². The zero-order chi connectivity index (χ0) is 22.9. The van der Waals surface area contributed by atoms with E-state index in [0.717, 1.165) is 27.4 Å². The molecular weight excluding hydrogens is 436 g/mol. The Morgan fingerprint density at radius 1 is 1.06 bits per heavy atom. The van der Waals surface area contributed by atoms with Gasteiger partial charge >= 0.3 is 5.97 Å². The summed E-state index contributed by atoms with van der Waals surface area (Å²) in [6.45, 7) is 2.00. The maximum absolute atomic E-state index is 13.4. The van der Waals surface area contributed by atoms with Gasteiger partial charge in [0, 0.05) is 29.1 Å². The van der Waals surface area contributed by atoms with Gasteiger partial charge in [0.25, 0.3) is 0 Å². The van der Waals surface area contributed by atoms with Crippen LogP contribution in [0.4, 0.5) is 11.4 Å². The van der Waals surface area contributed by atoms with Gasteiger partial charge < -0.3 is 15.0 Å². The van der Waals surface area contributed by atoms with E-state index in [0.29, 0.717) is 25.0 Å². The summed E-state index contributed by atoms with van der Waals surface area (Å²) in [6.07, 6.45) is 1.75. The topological polar surface area (TPSA) is 75.7 Å². The van der Waals surface area contributed by atoms with E-state index >= 15 is 0 Å². The van der Waals surface area contributed by atoms with Crippen LogP contribution in [0.1, 0.15) is 41.3 Å². The highest BCUT2D eigenvalue weighted by atomic mass is 32.1. The number of carbonyl (C=O) groups excluding carboxylic acids is 3. The molecular formula is C26H24N2O4S. The van der Waals surface area contributed by atoms with E-state index in [-0.39, 0.29) is 24.2 Å². The smallest absolute Gasteiger partial charge is 0.316 e. The lowest BCUT2D eigenvalue weighted by Gasteiger charge is -2.39. The van der Waals surface area contributed by atoms with Crippen molar-refractivity contribution in [2.75, 3.05) is 10.2 Å². The predicted octanol–water partition coefficient (Wildman–Crippen LogP) is 5.03. The monoisotopic (exact) mass is 460 g/mol. The highest BCUT2D eigenvalue weighted by Gasteiger charge is 2.43. The number of esters is 1. The van der Waals surface area contributed by atoms with Crippen LogP contribution in [-0.4, -0.2) is 17.8 Å². The molecule has 168 valence electrons. The largest absolute Gasteiger partial charge is 0.426 e. The molecule has 2 aliphatic heterocycles. The van der Waals surface area contributed by atoms with Crippen LogP contribution in [0.3, 0.4) is 0 Å². The number of benzene rings is 2. The van der Waals surface area contributed by atoms with E-state index in [2.05, 4.69) is 5.32 Å². The van der Waals surface area contributed by atoms with Crippen molar-refractivity contribution in [1.82, 2.24) is 0 Å². The minimum Gasteiger partial charge on any atom is -0.426 e. The molecule has 0 spiro atoms. The van der Waals surface area contributed by atoms with Gasteiger partial charge in [-0.05, 0) is 67.1 Å². The maximum Gasteiger partial charge on any atom is 0.316 e. The molecule has 2 aliphatic rings. The van der Waals surface area contributed by atoms with Crippen molar-refractivity contribution in [3.63, 3.8) is 0 Å². The predicted molar refractivity (Wildman–Crippen MR) is 127 cm³/mol. The molecule has 1 saturated heterocycles. The number of hydrogen-bond acceptors (Lipinski definition) is 5. The number of carbonyl (C=O) groups is 3. The van der Waals surface area contributed by atoms with Gasteiger partial charge in [-0.15, -0.1) is 11.3 Å². The first-order chi connectivity index (χ1) is 16.0. The molecule has 2 atom stereocenters. The summed E-state index contributed by atoms with van der Waals surface area (Å²) >= 11 is 1.54. The lowest BCUT2D eigenvalue weighted by molar-refractivity contribution is -0.141. The Morgan fingerprint density at radius 3 is 2.64 bits per heavy atom. The van der Waals surface area contributed by atoms with Gasteiger partial charge in [-0.1, -0.05) is 23.8 Å². The second kappa shape index (κ2) is 8.83. The quantitative estimate of drug-likeness (QED) is 0.438. The number of fused-ring (bicyclic) bond motifs is 1. The summed E-state index contributed by atoms with van der Waals surface area (Å²) in [6, 6.07) is 16.6. The fraction of sp³-hybridized carbons (Fsp3) is 0.269. The van der Waals surface area contributed by atoms with Crippen molar-refractivity contribution in [2.45, 2.75) is 38.6 Å². The fourth-order valence-corrected chi connectivity index (χ4v) is 5.43. The number of anilines is 2. The standard InChI is InChI=1S/C26H24N2O4S/c1-16-4-7-18(8-5-16)28-24(30)13-10-20(25(28)22-3-2-14-33-22)26(31)32-19-9-11-21-17(15-19)6-12-23(29)27-21/h2-5,7-9,11,14-15,20,25H,6,10,12-13H2,1H3,(H,27,29). The summed E-state index contributed by atoms with van der Waals surface area (Å²) in [5, 5.41) is 4.80. The van der Waals surface area contributed by atoms with Gasteiger partial charge in [0.2, 0.25) is 11.8 Å². The van der Waals surface area contributed by atoms with Crippen LogP contribution in [-0.2, 0) is 20.8 Å². The minimum absolute atomic E-state index is 0.00539. The van der Waals surface area contributed by atoms with Gasteiger partial charge in [0.15, 0.2) is 0 Å². The van der Waals surface area contributed by atoms with E-state index < -0.39 is 12.0 Å². The van der Waals surface area contributed by atoms with Gasteiger partial charge in [-0.3, -0.25) is 14.4 Å². The zero-order valence-electron chi connectivity index (χ0n) is 18.2. The molecule has 3 heterocycles. The molecule has 33 heavy (non-hydrogen) atoms. The number of aryl methyl sites for hydroxylation is 2. The molecule has 0 bridgehead atoms. The van der Waals surface area contributed by atoms with Crippen molar-refractivity contribution in [2.24, 2.45) is 5.92 Å². The molecule has 2 amide bonds. The van der Waals surface area contributed by atoms with Crippen molar-refractivity contribution >= 4 is 40.5 Å². The molecule has 0 saturated carbocycles.